The van der Waals surface area contributed by atoms with Gasteiger partial charge < -0.3 is 39.4 Å². The van der Waals surface area contributed by atoms with Crippen LogP contribution in [0.15, 0.2) is 46.9 Å². The van der Waals surface area contributed by atoms with Gasteiger partial charge in [0, 0.05) is 23.0 Å². The number of aliphatic hydroxyl groups is 4. The van der Waals surface area contributed by atoms with E-state index in [9.17, 15) is 56.4 Å². The maximum absolute atomic E-state index is 14.0. The number of allylic oxidation sites excluding steroid dienone is 2. The lowest BCUT2D eigenvalue weighted by Crippen LogP contribution is -2.55. The maximum atomic E-state index is 14.0. The summed E-state index contributed by atoms with van der Waals surface area (Å²) >= 11 is 0. The van der Waals surface area contributed by atoms with Crippen molar-refractivity contribution in [3.63, 3.8) is 0 Å². The zero-order chi connectivity index (χ0) is 41.4. The minimum atomic E-state index is -5.21. The number of carbonyl (C=O) groups excluding carboxylic acids is 2. The van der Waals surface area contributed by atoms with Crippen LogP contribution in [0, 0.1) is 35.5 Å². The van der Waals surface area contributed by atoms with Crippen LogP contribution in [0.4, 0.5) is 26.3 Å². The van der Waals surface area contributed by atoms with Crippen molar-refractivity contribution < 1.29 is 75.3 Å². The fourth-order valence-corrected chi connectivity index (χ4v) is 9.47. The second-order valence-electron chi connectivity index (χ2n) is 16.3. The second-order valence-corrected chi connectivity index (χ2v) is 16.3. The van der Waals surface area contributed by atoms with E-state index in [0.29, 0.717) is 38.5 Å². The Kier molecular flexibility index (Phi) is 13.2. The number of fused-ring (bicyclic) bond motifs is 2. The topological polar surface area (TPSA) is 152 Å². The van der Waals surface area contributed by atoms with Crippen LogP contribution in [0.3, 0.4) is 0 Å². The van der Waals surface area contributed by atoms with E-state index in [1.807, 2.05) is 13.8 Å². The van der Waals surface area contributed by atoms with Gasteiger partial charge in [-0.1, -0.05) is 13.8 Å². The molecule has 314 valence electrons. The molecule has 2 saturated heterocycles. The highest BCUT2D eigenvalue weighted by Crippen LogP contribution is 2.52. The molecule has 2 aliphatic heterocycles. The summed E-state index contributed by atoms with van der Waals surface area (Å²) in [5, 5.41) is 44.5. The van der Waals surface area contributed by atoms with Crippen molar-refractivity contribution >= 4 is 11.9 Å². The Balaban J connectivity index is 1.31. The van der Waals surface area contributed by atoms with Crippen LogP contribution in [-0.4, -0.2) is 94.6 Å². The third-order valence-corrected chi connectivity index (χ3v) is 12.7. The van der Waals surface area contributed by atoms with Gasteiger partial charge in [0.15, 0.2) is 0 Å². The molecule has 4 fully saturated rings. The van der Waals surface area contributed by atoms with E-state index in [0.717, 1.165) is 24.3 Å². The highest BCUT2D eigenvalue weighted by atomic mass is 19.4. The van der Waals surface area contributed by atoms with E-state index in [-0.39, 0.29) is 61.2 Å². The predicted octanol–water partition coefficient (Wildman–Crippen LogP) is 7.93. The normalized spacial score (nSPS) is 35.1. The summed E-state index contributed by atoms with van der Waals surface area (Å²) in [6.45, 7) is 4.86. The molecule has 0 aromatic heterocycles. The molecule has 0 radical (unpaired) electrons. The number of rotatable bonds is 8. The monoisotopic (exact) mass is 806 g/mol. The third kappa shape index (κ3) is 9.18. The molecule has 0 amide bonds. The van der Waals surface area contributed by atoms with Gasteiger partial charge >= 0.3 is 24.3 Å². The van der Waals surface area contributed by atoms with E-state index in [2.05, 4.69) is 0 Å². The molecule has 0 spiro atoms. The van der Waals surface area contributed by atoms with Gasteiger partial charge in [0.05, 0.1) is 47.8 Å². The number of halogens is 6. The number of carbonyl (C=O) groups is 2. The van der Waals surface area contributed by atoms with Crippen LogP contribution in [0.5, 0.6) is 0 Å². The van der Waals surface area contributed by atoms with Gasteiger partial charge in [0.1, 0.15) is 13.2 Å². The lowest BCUT2D eigenvalue weighted by atomic mass is 9.61. The minimum absolute atomic E-state index is 0.0418. The number of esters is 2. The fourth-order valence-electron chi connectivity index (χ4n) is 9.47. The molecule has 1 aromatic carbocycles. The second kappa shape index (κ2) is 16.9. The summed E-state index contributed by atoms with van der Waals surface area (Å²) < 4.78 is 106. The molecule has 16 heteroatoms. The van der Waals surface area contributed by atoms with E-state index in [1.54, 1.807) is 13.8 Å². The zero-order valence-electron chi connectivity index (χ0n) is 31.9. The first kappa shape index (κ1) is 43.8. The van der Waals surface area contributed by atoms with E-state index < -0.39 is 95.0 Å². The molecule has 5 rings (SSSR count). The number of benzene rings is 1. The molecule has 2 saturated carbocycles. The van der Waals surface area contributed by atoms with Gasteiger partial charge in [-0.05, 0) is 113 Å². The molecule has 10 atom stereocenters. The highest BCUT2D eigenvalue weighted by Gasteiger charge is 2.55. The van der Waals surface area contributed by atoms with Crippen molar-refractivity contribution in [1.82, 2.24) is 0 Å². The van der Waals surface area contributed by atoms with Gasteiger partial charge in [-0.25, -0.2) is 9.59 Å². The van der Waals surface area contributed by atoms with Gasteiger partial charge in [0.25, 0.3) is 0 Å². The van der Waals surface area contributed by atoms with Crippen molar-refractivity contribution in [2.75, 3.05) is 26.4 Å². The van der Waals surface area contributed by atoms with Crippen molar-refractivity contribution in [2.45, 2.75) is 115 Å². The molecule has 10 nitrogen and oxygen atoms in total. The van der Waals surface area contributed by atoms with Crippen molar-refractivity contribution in [1.29, 1.82) is 0 Å². The first-order valence-electron chi connectivity index (χ1n) is 19.2. The Morgan fingerprint density at radius 1 is 0.625 bits per heavy atom. The summed E-state index contributed by atoms with van der Waals surface area (Å²) in [6.07, 6.45) is -7.72. The van der Waals surface area contributed by atoms with Gasteiger partial charge in [-0.2, -0.15) is 26.3 Å². The number of hydrogen-bond donors (Lipinski definition) is 4. The highest BCUT2D eigenvalue weighted by molar-refractivity contribution is 5.93. The Hall–Kier alpha value is -3.34. The number of ether oxygens (including phenoxy) is 4. The first-order valence-corrected chi connectivity index (χ1v) is 19.2. The molecule has 0 unspecified atom stereocenters. The molecular weight excluding hydrogens is 754 g/mol. The quantitative estimate of drug-likeness (QED) is 0.116. The van der Waals surface area contributed by atoms with Crippen molar-refractivity contribution in [2.24, 2.45) is 35.5 Å². The number of aliphatic hydroxyl groups excluding tert-OH is 2. The van der Waals surface area contributed by atoms with E-state index >= 15 is 0 Å². The Morgan fingerprint density at radius 2 is 0.964 bits per heavy atom. The van der Waals surface area contributed by atoms with Crippen LogP contribution in [0.25, 0.3) is 0 Å². The van der Waals surface area contributed by atoms with E-state index in [4.69, 9.17) is 18.9 Å². The standard InChI is InChI=1S/C40H52F6O10/c1-21-5-13-31(37(51)19-55-23(3)7-15-29(21)37)27(33(47)39(41,42)43)17-53-35(49)25-9-11-26(12-10-25)36(50)54-18-28(34(48)40(44,45)46)32-14-6-22(2)30-16-8-24(4)56-20-38(30,32)52/h9-12,21-24,29-32,47-48,51-52H,5-8,13-20H2,1-4H3/b33-27-,34-28-/t21-,22-,23+,24+,29+,30+,31+,32+,37-,38-/m1/s1. The largest absolute Gasteiger partial charge is 0.504 e. The Morgan fingerprint density at radius 3 is 1.29 bits per heavy atom. The van der Waals surface area contributed by atoms with Gasteiger partial charge in [0.2, 0.25) is 11.5 Å². The average molecular weight is 807 g/mol. The number of hydrogen-bond acceptors (Lipinski definition) is 10. The lowest BCUT2D eigenvalue weighted by molar-refractivity contribution is -0.150. The summed E-state index contributed by atoms with van der Waals surface area (Å²) in [5.74, 6) is -9.60. The summed E-state index contributed by atoms with van der Waals surface area (Å²) in [6, 6.07) is 4.40. The van der Waals surface area contributed by atoms with Crippen molar-refractivity contribution in [3.05, 3.63) is 58.1 Å². The summed E-state index contributed by atoms with van der Waals surface area (Å²) in [5.41, 5.74) is -5.35. The predicted molar refractivity (Wildman–Crippen MR) is 188 cm³/mol. The molecular formula is C40H52F6O10. The first-order chi connectivity index (χ1) is 26.1. The third-order valence-electron chi connectivity index (χ3n) is 12.7. The minimum Gasteiger partial charge on any atom is -0.504 e. The molecule has 0 bridgehead atoms. The zero-order valence-corrected chi connectivity index (χ0v) is 31.9. The lowest BCUT2D eigenvalue weighted by Gasteiger charge is -2.48. The van der Waals surface area contributed by atoms with Crippen LogP contribution in [0.2, 0.25) is 0 Å². The average Bonchev–Trinajstić information content (AvgIpc) is 3.40. The van der Waals surface area contributed by atoms with Gasteiger partial charge in [-0.3, -0.25) is 0 Å². The summed E-state index contributed by atoms with van der Waals surface area (Å²) in [7, 11) is 0. The van der Waals surface area contributed by atoms with Crippen LogP contribution < -0.4 is 0 Å². The molecule has 1 aromatic rings. The molecule has 4 N–H and O–H groups in total. The molecule has 56 heavy (non-hydrogen) atoms. The van der Waals surface area contributed by atoms with Gasteiger partial charge in [-0.15, -0.1) is 0 Å². The van der Waals surface area contributed by atoms with Crippen molar-refractivity contribution in [3.8, 4) is 0 Å². The SMILES string of the molecule is C[C@@H]1CC[C@@H](/C(COC(=O)c2ccc(C(=O)OC/C(=C(/O)C(F)(F)F)[C@@H]3CC[C@@H](C)[C@@H]4CC[C@H](C)OC[C@]34O)cc2)=C(\O)C(F)(F)F)[C@@]2(O)CO[C@@H](C)CC[C@@H]12. The fraction of sp³-hybridized carbons (Fsp3) is 0.700. The van der Waals surface area contributed by atoms with Crippen LogP contribution >= 0.6 is 0 Å². The van der Waals surface area contributed by atoms with Crippen LogP contribution in [0.1, 0.15) is 99.8 Å². The molecule has 2 aliphatic carbocycles. The Bertz CT molecular complexity index is 1520. The van der Waals surface area contributed by atoms with E-state index in [1.165, 1.54) is 0 Å². The van der Waals surface area contributed by atoms with Crippen LogP contribution in [-0.2, 0) is 18.9 Å². The molecule has 4 aliphatic rings. The maximum Gasteiger partial charge on any atom is 0.448 e. The smallest absolute Gasteiger partial charge is 0.448 e. The Labute approximate surface area is 321 Å². The summed E-state index contributed by atoms with van der Waals surface area (Å²) in [4.78, 5) is 26.2. The number of alkyl halides is 6. The molecule has 2 heterocycles.